The van der Waals surface area contributed by atoms with Gasteiger partial charge in [-0.25, -0.2) is 19.9 Å². The van der Waals surface area contributed by atoms with Crippen molar-refractivity contribution < 1.29 is 39.0 Å². The van der Waals surface area contributed by atoms with Crippen molar-refractivity contribution in [2.75, 3.05) is 28.6 Å². The molecule has 5 aliphatic heterocycles. The van der Waals surface area contributed by atoms with Crippen LogP contribution in [0.1, 0.15) is 115 Å². The summed E-state index contributed by atoms with van der Waals surface area (Å²) in [6, 6.07) is 78.7. The fourth-order valence-corrected chi connectivity index (χ4v) is 18.4. The van der Waals surface area contributed by atoms with Crippen molar-refractivity contribution in [1.29, 1.82) is 0 Å². The topological polar surface area (TPSA) is 174 Å². The molecule has 7 aromatic heterocycles. The van der Waals surface area contributed by atoms with Crippen molar-refractivity contribution in [2.45, 2.75) is 81.6 Å². The Balaban J connectivity index is 0.00000501. The SMILES string of the molecule is Cc1cc(C)c(-c2c3nc(c(-c4c(C)cc(C)cc4C)c4ccc([n-]4)c(-c4c(C)cc(C)cc4C)c4nc(c(-c5ccc(Nc6nc(Nc7ccc(-c8c9nc(c(-c%10ccccc%10)c%10ccc([n-]%10)c(-c%10ccccc%10)c%10nc(c(-c%11ccccc%11)c%11ccc8[n-]%11)C=C%10)C=C9)cc7)nc(N7CCCCC7)n6)cc5)c5ccc2[n-]5)C=C4)C=C3)c(C)c1.[Zn+2].[Zn+2]. The van der Waals surface area contributed by atoms with E-state index in [1.165, 1.54) is 27.8 Å². The van der Waals surface area contributed by atoms with Gasteiger partial charge in [0.05, 0.1) is 45.6 Å². The molecule has 8 aromatic carbocycles. The van der Waals surface area contributed by atoms with Crippen LogP contribution in [0.3, 0.4) is 0 Å². The molecular weight excluding hydrogens is 1590 g/mol. The van der Waals surface area contributed by atoms with Crippen molar-refractivity contribution in [3.8, 4) is 89.0 Å². The molecule has 2 N–H and O–H groups in total. The van der Waals surface area contributed by atoms with E-state index in [0.29, 0.717) is 17.8 Å². The van der Waals surface area contributed by atoms with Gasteiger partial charge >= 0.3 is 39.0 Å². The predicted octanol–water partition coefficient (Wildman–Crippen LogP) is 24.9. The van der Waals surface area contributed by atoms with Crippen molar-refractivity contribution in [2.24, 2.45) is 0 Å². The minimum absolute atomic E-state index is 0. The summed E-state index contributed by atoms with van der Waals surface area (Å²) in [6.45, 7) is 21.3. The summed E-state index contributed by atoms with van der Waals surface area (Å²) in [6.07, 6.45) is 20.3. The number of aromatic nitrogens is 11. The molecule has 578 valence electrons. The minimum Gasteiger partial charge on any atom is -0.657 e. The van der Waals surface area contributed by atoms with Gasteiger partial charge < -0.3 is 35.5 Å². The van der Waals surface area contributed by atoms with Gasteiger partial charge in [0.1, 0.15) is 0 Å². The van der Waals surface area contributed by atoms with Crippen LogP contribution >= 0.6 is 0 Å². The van der Waals surface area contributed by atoms with Gasteiger partial charge in [-0.2, -0.15) is 15.0 Å². The van der Waals surface area contributed by atoms with Crippen LogP contribution in [0.25, 0.3) is 182 Å². The summed E-state index contributed by atoms with van der Waals surface area (Å²) >= 11 is 0. The van der Waals surface area contributed by atoms with E-state index in [2.05, 4.69) is 333 Å². The van der Waals surface area contributed by atoms with Crippen molar-refractivity contribution >= 4 is 122 Å². The zero-order valence-electron chi connectivity index (χ0n) is 69.3. The summed E-state index contributed by atoms with van der Waals surface area (Å²) in [5.74, 6) is 1.40. The van der Waals surface area contributed by atoms with Gasteiger partial charge in [-0.05, 0) is 277 Å². The molecule has 15 aromatic rings. The first-order chi connectivity index (χ1) is 58.1. The first kappa shape index (κ1) is 78.8. The molecule has 0 atom stereocenters. The summed E-state index contributed by atoms with van der Waals surface area (Å²) in [5.41, 5.74) is 40.7. The average molecular weight is 1670 g/mol. The molecule has 5 aliphatic rings. The number of nitrogens with zero attached hydrogens (tertiary/aromatic N) is 12. The maximum Gasteiger partial charge on any atom is 2.00 e. The van der Waals surface area contributed by atoms with E-state index in [1.54, 1.807) is 0 Å². The van der Waals surface area contributed by atoms with Gasteiger partial charge in [-0.3, -0.25) is 0 Å². The van der Waals surface area contributed by atoms with Crippen molar-refractivity contribution in [1.82, 2.24) is 54.8 Å². The van der Waals surface area contributed by atoms with E-state index in [9.17, 15) is 0 Å². The molecule has 0 unspecified atom stereocenters. The van der Waals surface area contributed by atoms with Crippen LogP contribution in [0, 0.1) is 62.3 Å². The van der Waals surface area contributed by atoms with Gasteiger partial charge in [0.15, 0.2) is 0 Å². The predicted molar refractivity (Wildman–Crippen MR) is 492 cm³/mol. The smallest absolute Gasteiger partial charge is 0.657 e. The third kappa shape index (κ3) is 15.0. The van der Waals surface area contributed by atoms with Gasteiger partial charge in [0, 0.05) is 24.5 Å². The molecule has 12 heterocycles. The Hall–Kier alpha value is -13.4. The monoisotopic (exact) mass is 1670 g/mol. The largest absolute Gasteiger partial charge is 2.00 e. The van der Waals surface area contributed by atoms with Crippen LogP contribution < -0.4 is 35.5 Å². The van der Waals surface area contributed by atoms with Crippen LogP contribution in [-0.2, 0) is 39.0 Å². The van der Waals surface area contributed by atoms with Crippen molar-refractivity contribution in [3.63, 3.8) is 0 Å². The van der Waals surface area contributed by atoms with Crippen LogP contribution in [0.5, 0.6) is 0 Å². The third-order valence-corrected chi connectivity index (χ3v) is 23.3. The number of hydrogen-bond donors (Lipinski definition) is 2. The van der Waals surface area contributed by atoms with E-state index >= 15 is 0 Å². The van der Waals surface area contributed by atoms with Crippen molar-refractivity contribution in [3.05, 3.63) is 320 Å². The Morgan fingerprint density at radius 2 is 0.471 bits per heavy atom. The summed E-state index contributed by atoms with van der Waals surface area (Å²) in [4.78, 5) is 62.5. The van der Waals surface area contributed by atoms with E-state index < -0.39 is 0 Å². The molecule has 0 amide bonds. The van der Waals surface area contributed by atoms with Crippen LogP contribution in [0.15, 0.2) is 224 Å². The first-order valence-corrected chi connectivity index (χ1v) is 40.9. The second-order valence-corrected chi connectivity index (χ2v) is 31.9. The van der Waals surface area contributed by atoms with Gasteiger partial charge in [0.2, 0.25) is 17.8 Å². The van der Waals surface area contributed by atoms with Gasteiger partial charge in [-0.15, -0.1) is 44.1 Å². The normalized spacial score (nSPS) is 12.7. The van der Waals surface area contributed by atoms with E-state index in [0.717, 1.165) is 245 Å². The van der Waals surface area contributed by atoms with E-state index in [-0.39, 0.29) is 39.0 Å². The number of piperidine rings is 1. The molecule has 14 nitrogen and oxygen atoms in total. The Kier molecular flexibility index (Phi) is 21.3. The third-order valence-electron chi connectivity index (χ3n) is 23.3. The van der Waals surface area contributed by atoms with Gasteiger partial charge in [-0.1, -0.05) is 217 Å². The quantitative estimate of drug-likeness (QED) is 0.104. The molecule has 121 heavy (non-hydrogen) atoms. The number of rotatable bonds is 13. The van der Waals surface area contributed by atoms with Crippen LogP contribution in [0.2, 0.25) is 0 Å². The molecular formula is C105H84N14Zn2. The molecule has 1 fully saturated rings. The summed E-state index contributed by atoms with van der Waals surface area (Å²) in [5, 5.41) is 7.25. The zero-order valence-corrected chi connectivity index (χ0v) is 75.2. The van der Waals surface area contributed by atoms with Gasteiger partial charge in [0.25, 0.3) is 0 Å². The number of benzene rings is 8. The Morgan fingerprint density at radius 3 is 0.727 bits per heavy atom. The molecule has 0 spiro atoms. The number of fused-ring (bicyclic) bond motifs is 16. The molecule has 1 saturated heterocycles. The Labute approximate surface area is 729 Å². The number of anilines is 5. The Bertz CT molecular complexity index is 7000. The van der Waals surface area contributed by atoms with Crippen LogP contribution in [-0.4, -0.2) is 48.0 Å². The molecule has 16 bridgehead atoms. The fraction of sp³-hybridized carbons (Fsp3) is 0.133. The average Bonchev–Trinajstić information content (AvgIpc) is 1.61. The second-order valence-electron chi connectivity index (χ2n) is 31.9. The molecule has 20 rings (SSSR count). The minimum atomic E-state index is 0. The number of aryl methyl sites for hydroxylation is 9. The van der Waals surface area contributed by atoms with E-state index in [4.69, 9.17) is 54.8 Å². The molecule has 16 heteroatoms. The standard InChI is InChI=1S/C105H84N14.2Zn/c1-60-54-63(4)92(64(5)55-60)100-86-46-44-84(112-86)99(85-45-47-87(113-85)101(93-65(6)56-61(2)57-66(93)7)89-49-51-91(115-89)102(90-50-48-88(100)114-90)94-67(8)58-62(3)59-68(94)9)73-30-34-75(35-31-73)107-104-116-103(117-105(118-104)119-52-20-13-21-53-119)106-74-32-28-72(29-33-74)98-82-42-40-80(110-82)96(70-24-16-11-17-25-70)78-38-36-76(108-78)95(69-22-14-10-15-23-69)77-37-39-79(109-77)97(71-26-18-12-19-27-71)81-41-43-83(98)111-81;;/h10-12,14-19,22-51,54-59H,13,20-21,52-53H2,1-9H3,(H2,106,107,116,117,118);;/q-4;2*+2. The molecule has 0 saturated carbocycles. The molecule has 0 aliphatic carbocycles. The number of nitrogens with one attached hydrogen (secondary N) is 2. The number of hydrogen-bond acceptors (Lipinski definition) is 10. The summed E-state index contributed by atoms with van der Waals surface area (Å²) in [7, 11) is 0. The summed E-state index contributed by atoms with van der Waals surface area (Å²) < 4.78 is 0. The Morgan fingerprint density at radius 1 is 0.240 bits per heavy atom. The van der Waals surface area contributed by atoms with Crippen LogP contribution in [0.4, 0.5) is 29.2 Å². The van der Waals surface area contributed by atoms with E-state index in [1.807, 2.05) is 18.2 Å². The maximum absolute atomic E-state index is 5.71. The first-order valence-electron chi connectivity index (χ1n) is 40.9. The zero-order chi connectivity index (χ0) is 80.7. The molecule has 0 radical (unpaired) electrons. The maximum atomic E-state index is 5.71. The fourth-order valence-electron chi connectivity index (χ4n) is 18.4. The second kappa shape index (κ2) is 32.7.